The molecule has 4 nitrogen and oxygen atoms in total. The van der Waals surface area contributed by atoms with Crippen LogP contribution < -0.4 is 5.32 Å². The van der Waals surface area contributed by atoms with Gasteiger partial charge in [0, 0.05) is 18.0 Å². The van der Waals surface area contributed by atoms with E-state index >= 15 is 0 Å². The lowest BCUT2D eigenvalue weighted by atomic mass is 10.0. The number of nitrogens with zero attached hydrogens (tertiary/aromatic N) is 1. The molecule has 1 aromatic heterocycles. The van der Waals surface area contributed by atoms with Gasteiger partial charge in [0.25, 0.3) is 0 Å². The molecule has 1 fully saturated rings. The Morgan fingerprint density at radius 3 is 3.00 bits per heavy atom. The Kier molecular flexibility index (Phi) is 5.43. The maximum absolute atomic E-state index is 12.3. The first-order valence-corrected chi connectivity index (χ1v) is 8.21. The van der Waals surface area contributed by atoms with Gasteiger partial charge in [-0.1, -0.05) is 19.9 Å². The summed E-state index contributed by atoms with van der Waals surface area (Å²) in [7, 11) is 0. The number of piperidine rings is 1. The van der Waals surface area contributed by atoms with Crippen LogP contribution in [0.25, 0.3) is 0 Å². The van der Waals surface area contributed by atoms with E-state index in [9.17, 15) is 9.90 Å². The number of hydrogen-bond acceptors (Lipinski definition) is 3. The molecular formula is C15H24N2O2S. The van der Waals surface area contributed by atoms with Gasteiger partial charge < -0.3 is 15.3 Å². The normalized spacial score (nSPS) is 21.0. The van der Waals surface area contributed by atoms with Crippen LogP contribution in [0, 0.1) is 5.92 Å². The van der Waals surface area contributed by atoms with Crippen LogP contribution in [-0.2, 0) is 0 Å². The quantitative estimate of drug-likeness (QED) is 0.897. The van der Waals surface area contributed by atoms with Gasteiger partial charge >= 0.3 is 6.03 Å². The molecule has 2 rings (SSSR count). The van der Waals surface area contributed by atoms with E-state index in [0.29, 0.717) is 12.5 Å². The smallest absolute Gasteiger partial charge is 0.317 e. The molecular weight excluding hydrogens is 272 g/mol. The SMILES string of the molecule is CC(C)CC(NC(=O)N1CCCC(O)C1)c1cccs1. The Balaban J connectivity index is 1.98. The molecule has 0 aromatic carbocycles. The minimum absolute atomic E-state index is 0.0530. The van der Waals surface area contributed by atoms with Crippen LogP contribution in [0.5, 0.6) is 0 Å². The van der Waals surface area contributed by atoms with Crippen molar-refractivity contribution in [3.05, 3.63) is 22.4 Å². The van der Waals surface area contributed by atoms with Crippen LogP contribution in [0.2, 0.25) is 0 Å². The summed E-state index contributed by atoms with van der Waals surface area (Å²) >= 11 is 1.68. The van der Waals surface area contributed by atoms with Crippen molar-refractivity contribution < 1.29 is 9.90 Å². The first kappa shape index (κ1) is 15.3. The number of carbonyl (C=O) groups is 1. The fourth-order valence-electron chi connectivity index (χ4n) is 2.59. The number of β-amino-alcohol motifs (C(OH)–C–C–N with tert-alkyl or cyclic N) is 1. The summed E-state index contributed by atoms with van der Waals surface area (Å²) in [6.45, 7) is 5.52. The van der Waals surface area contributed by atoms with Gasteiger partial charge in [-0.05, 0) is 36.6 Å². The van der Waals surface area contributed by atoms with E-state index < -0.39 is 0 Å². The predicted octanol–water partition coefficient (Wildman–Crippen LogP) is 3.00. The molecule has 2 atom stereocenters. The Hall–Kier alpha value is -1.07. The van der Waals surface area contributed by atoms with Gasteiger partial charge in [-0.25, -0.2) is 4.79 Å². The second-order valence-electron chi connectivity index (χ2n) is 5.89. The third-order valence-electron chi connectivity index (χ3n) is 3.58. The molecule has 2 heterocycles. The molecule has 1 aromatic rings. The number of nitrogens with one attached hydrogen (secondary N) is 1. The number of thiophene rings is 1. The third-order valence-corrected chi connectivity index (χ3v) is 4.56. The van der Waals surface area contributed by atoms with Crippen molar-refractivity contribution in [2.24, 2.45) is 5.92 Å². The molecule has 2 unspecified atom stereocenters. The second kappa shape index (κ2) is 7.09. The highest BCUT2D eigenvalue weighted by atomic mass is 32.1. The maximum Gasteiger partial charge on any atom is 0.317 e. The van der Waals surface area contributed by atoms with E-state index in [1.807, 2.05) is 11.4 Å². The average molecular weight is 296 g/mol. The lowest BCUT2D eigenvalue weighted by molar-refractivity contribution is 0.0830. The number of aliphatic hydroxyl groups is 1. The lowest BCUT2D eigenvalue weighted by Gasteiger charge is -2.32. The van der Waals surface area contributed by atoms with Gasteiger partial charge in [0.15, 0.2) is 0 Å². The highest BCUT2D eigenvalue weighted by Gasteiger charge is 2.25. The minimum Gasteiger partial charge on any atom is -0.391 e. The van der Waals surface area contributed by atoms with Crippen molar-refractivity contribution in [3.63, 3.8) is 0 Å². The van der Waals surface area contributed by atoms with Crippen LogP contribution in [0.15, 0.2) is 17.5 Å². The molecule has 1 aliphatic heterocycles. The topological polar surface area (TPSA) is 52.6 Å². The van der Waals surface area contributed by atoms with E-state index in [0.717, 1.165) is 25.8 Å². The molecule has 1 aliphatic rings. The number of carbonyl (C=O) groups excluding carboxylic acids is 1. The number of hydrogen-bond donors (Lipinski definition) is 2. The fraction of sp³-hybridized carbons (Fsp3) is 0.667. The standard InChI is InChI=1S/C15H24N2O2S/c1-11(2)9-13(14-6-4-8-20-14)16-15(19)17-7-3-5-12(18)10-17/h4,6,8,11-13,18H,3,5,7,9-10H2,1-2H3,(H,16,19). The van der Waals surface area contributed by atoms with Crippen LogP contribution in [-0.4, -0.2) is 35.2 Å². The summed E-state index contributed by atoms with van der Waals surface area (Å²) in [5, 5.41) is 14.8. The first-order valence-electron chi connectivity index (χ1n) is 7.33. The van der Waals surface area contributed by atoms with E-state index in [1.54, 1.807) is 16.2 Å². The molecule has 2 N–H and O–H groups in total. The summed E-state index contributed by atoms with van der Waals surface area (Å²) in [4.78, 5) is 15.3. The predicted molar refractivity (Wildman–Crippen MR) is 81.9 cm³/mol. The number of aliphatic hydroxyl groups excluding tert-OH is 1. The maximum atomic E-state index is 12.3. The van der Waals surface area contributed by atoms with Gasteiger partial charge in [-0.2, -0.15) is 0 Å². The first-order chi connectivity index (χ1) is 9.56. The summed E-state index contributed by atoms with van der Waals surface area (Å²) in [6.07, 6.45) is 2.23. The molecule has 0 radical (unpaired) electrons. The van der Waals surface area contributed by atoms with Crippen LogP contribution in [0.1, 0.15) is 44.0 Å². The molecule has 20 heavy (non-hydrogen) atoms. The van der Waals surface area contributed by atoms with E-state index in [1.165, 1.54) is 4.88 Å². The molecule has 0 aliphatic carbocycles. The molecule has 0 saturated carbocycles. The third kappa shape index (κ3) is 4.21. The Morgan fingerprint density at radius 1 is 1.60 bits per heavy atom. The van der Waals surface area contributed by atoms with E-state index in [4.69, 9.17) is 0 Å². The van der Waals surface area contributed by atoms with Gasteiger partial charge in [0.2, 0.25) is 0 Å². The molecule has 112 valence electrons. The lowest BCUT2D eigenvalue weighted by Crippen LogP contribution is -2.48. The zero-order valence-electron chi connectivity index (χ0n) is 12.2. The van der Waals surface area contributed by atoms with Crippen LogP contribution in [0.3, 0.4) is 0 Å². The Bertz CT molecular complexity index is 420. The van der Waals surface area contributed by atoms with Gasteiger partial charge in [-0.3, -0.25) is 0 Å². The highest BCUT2D eigenvalue weighted by molar-refractivity contribution is 7.10. The van der Waals surface area contributed by atoms with Gasteiger partial charge in [0.05, 0.1) is 12.1 Å². The Labute approximate surface area is 124 Å². The zero-order valence-corrected chi connectivity index (χ0v) is 13.0. The van der Waals surface area contributed by atoms with Gasteiger partial charge in [-0.15, -0.1) is 11.3 Å². The summed E-state index contributed by atoms with van der Waals surface area (Å²) in [6, 6.07) is 4.11. The van der Waals surface area contributed by atoms with Crippen molar-refractivity contribution in [2.75, 3.05) is 13.1 Å². The largest absolute Gasteiger partial charge is 0.391 e. The summed E-state index contributed by atoms with van der Waals surface area (Å²) < 4.78 is 0. The number of likely N-dealkylation sites (tertiary alicyclic amines) is 1. The molecule has 0 spiro atoms. The number of rotatable bonds is 4. The van der Waals surface area contributed by atoms with E-state index in [2.05, 4.69) is 25.2 Å². The van der Waals surface area contributed by atoms with Crippen molar-refractivity contribution >= 4 is 17.4 Å². The highest BCUT2D eigenvalue weighted by Crippen LogP contribution is 2.25. The average Bonchev–Trinajstić information content (AvgIpc) is 2.91. The zero-order chi connectivity index (χ0) is 14.5. The molecule has 2 amide bonds. The summed E-state index contributed by atoms with van der Waals surface area (Å²) in [5.74, 6) is 0.523. The number of amides is 2. The Morgan fingerprint density at radius 2 is 2.40 bits per heavy atom. The van der Waals surface area contributed by atoms with E-state index in [-0.39, 0.29) is 18.2 Å². The van der Waals surface area contributed by atoms with Gasteiger partial charge in [0.1, 0.15) is 0 Å². The second-order valence-corrected chi connectivity index (χ2v) is 6.87. The molecule has 1 saturated heterocycles. The van der Waals surface area contributed by atoms with Crippen molar-refractivity contribution in [3.8, 4) is 0 Å². The van der Waals surface area contributed by atoms with Crippen molar-refractivity contribution in [1.29, 1.82) is 0 Å². The minimum atomic E-state index is -0.375. The monoisotopic (exact) mass is 296 g/mol. The summed E-state index contributed by atoms with van der Waals surface area (Å²) in [5.41, 5.74) is 0. The van der Waals surface area contributed by atoms with Crippen LogP contribution in [0.4, 0.5) is 4.79 Å². The number of urea groups is 1. The van der Waals surface area contributed by atoms with Crippen LogP contribution >= 0.6 is 11.3 Å². The van der Waals surface area contributed by atoms with Crippen molar-refractivity contribution in [2.45, 2.75) is 45.3 Å². The molecule has 0 bridgehead atoms. The molecule has 5 heteroatoms. The van der Waals surface area contributed by atoms with Crippen molar-refractivity contribution in [1.82, 2.24) is 10.2 Å². The fourth-order valence-corrected chi connectivity index (χ4v) is 3.38.